The lowest BCUT2D eigenvalue weighted by Crippen LogP contribution is -2.31. The van der Waals surface area contributed by atoms with Gasteiger partial charge in [-0.1, -0.05) is 13.5 Å². The number of hydrazone groups is 1. The summed E-state index contributed by atoms with van der Waals surface area (Å²) in [5.41, 5.74) is 5.51. The van der Waals surface area contributed by atoms with Crippen molar-refractivity contribution in [2.24, 2.45) is 22.6 Å². The van der Waals surface area contributed by atoms with E-state index in [4.69, 9.17) is 11.6 Å². The Hall–Kier alpha value is -0.840. The van der Waals surface area contributed by atoms with E-state index >= 15 is 0 Å². The molecule has 1 rings (SSSR count). The maximum absolute atomic E-state index is 5.51. The topological polar surface area (TPSA) is 67.6 Å². The van der Waals surface area contributed by atoms with Gasteiger partial charge in [0.15, 0.2) is 5.17 Å². The van der Waals surface area contributed by atoms with Crippen molar-refractivity contribution in [3.63, 3.8) is 0 Å². The Labute approximate surface area is 89.4 Å². The van der Waals surface area contributed by atoms with Crippen molar-refractivity contribution in [2.75, 3.05) is 13.1 Å². The molecular weight excluding hydrogens is 196 g/mol. The van der Waals surface area contributed by atoms with Gasteiger partial charge >= 0.3 is 0 Å². The number of piperidine rings is 1. The summed E-state index contributed by atoms with van der Waals surface area (Å²) in [5, 5.41) is 4.73. The molecule has 0 radical (unpaired) electrons. The Bertz CT molecular complexity index is 231. The molecule has 4 nitrogen and oxygen atoms in total. The van der Waals surface area contributed by atoms with E-state index in [-0.39, 0.29) is 0 Å². The van der Waals surface area contributed by atoms with Gasteiger partial charge in [-0.25, -0.2) is 0 Å². The second-order valence-corrected chi connectivity index (χ2v) is 4.73. The second-order valence-electron chi connectivity index (χ2n) is 3.63. The molecule has 0 spiro atoms. The second kappa shape index (κ2) is 5.14. The van der Waals surface area contributed by atoms with Crippen LogP contribution in [0.3, 0.4) is 0 Å². The normalized spacial score (nSPS) is 19.8. The summed E-state index contributed by atoms with van der Waals surface area (Å²) in [6.07, 6.45) is 2.44. The first-order chi connectivity index (χ1) is 6.63. The van der Waals surface area contributed by atoms with Crippen LogP contribution in [0.2, 0.25) is 0 Å². The zero-order valence-corrected chi connectivity index (χ0v) is 9.39. The predicted octanol–water partition coefficient (Wildman–Crippen LogP) is 1.11. The van der Waals surface area contributed by atoms with E-state index in [0.717, 1.165) is 24.0 Å². The van der Waals surface area contributed by atoms with Crippen molar-refractivity contribution in [3.05, 3.63) is 11.6 Å². The van der Waals surface area contributed by atoms with Gasteiger partial charge in [0.1, 0.15) is 0 Å². The van der Waals surface area contributed by atoms with E-state index < -0.39 is 0 Å². The molecule has 0 unspecified atom stereocenters. The fourth-order valence-electron chi connectivity index (χ4n) is 1.47. The van der Waals surface area contributed by atoms with Gasteiger partial charge in [0, 0.05) is 13.1 Å². The van der Waals surface area contributed by atoms with Crippen LogP contribution in [0.25, 0.3) is 0 Å². The van der Waals surface area contributed by atoms with Gasteiger partial charge in [0.2, 0.25) is 0 Å². The van der Waals surface area contributed by atoms with Crippen LogP contribution in [0.1, 0.15) is 19.8 Å². The first kappa shape index (κ1) is 11.2. The van der Waals surface area contributed by atoms with Crippen LogP contribution in [-0.2, 0) is 0 Å². The minimum absolute atomic E-state index is 0.369. The summed E-state index contributed by atoms with van der Waals surface area (Å²) in [6.45, 7) is 8.37. The average molecular weight is 214 g/mol. The molecule has 1 fully saturated rings. The van der Waals surface area contributed by atoms with Crippen LogP contribution in [0, 0.1) is 5.92 Å². The number of amidine groups is 1. The highest BCUT2D eigenvalue weighted by atomic mass is 32.2. The number of rotatable bonds is 2. The SMILES string of the molecule is C=C(S/C(N)=N\N)N1CCC(C)CC1. The molecule has 0 aromatic carbocycles. The first-order valence-corrected chi connectivity index (χ1v) is 5.60. The Morgan fingerprint density at radius 1 is 1.50 bits per heavy atom. The van der Waals surface area contributed by atoms with Crippen LogP contribution >= 0.6 is 11.8 Å². The van der Waals surface area contributed by atoms with Crippen LogP contribution in [0.5, 0.6) is 0 Å². The molecule has 1 heterocycles. The maximum atomic E-state index is 5.51. The zero-order chi connectivity index (χ0) is 10.6. The fourth-order valence-corrected chi connectivity index (χ4v) is 2.08. The number of hydrogen-bond acceptors (Lipinski definition) is 4. The van der Waals surface area contributed by atoms with Crippen LogP contribution in [0.15, 0.2) is 16.7 Å². The highest BCUT2D eigenvalue weighted by Gasteiger charge is 2.17. The minimum atomic E-state index is 0.369. The molecule has 0 saturated carbocycles. The van der Waals surface area contributed by atoms with Crippen molar-refractivity contribution < 1.29 is 0 Å². The molecule has 0 amide bonds. The molecule has 4 N–H and O–H groups in total. The molecule has 1 aliphatic rings. The van der Waals surface area contributed by atoms with Gasteiger partial charge in [0.05, 0.1) is 5.03 Å². The summed E-state index contributed by atoms with van der Waals surface area (Å²) in [4.78, 5) is 2.24. The zero-order valence-electron chi connectivity index (χ0n) is 8.57. The largest absolute Gasteiger partial charge is 0.377 e. The van der Waals surface area contributed by atoms with Gasteiger partial charge < -0.3 is 16.5 Å². The molecule has 0 atom stereocenters. The Morgan fingerprint density at radius 3 is 2.57 bits per heavy atom. The standard InChI is InChI=1S/C9H18N4S/c1-7-3-5-13(6-4-7)8(2)14-9(10)12-11/h7H,2-6,11H2,1H3,(H2,10,12). The van der Waals surface area contributed by atoms with E-state index in [1.54, 1.807) is 0 Å². The molecule has 80 valence electrons. The Kier molecular flexibility index (Phi) is 4.13. The number of likely N-dealkylation sites (tertiary alicyclic amines) is 1. The molecule has 1 saturated heterocycles. The van der Waals surface area contributed by atoms with Gasteiger partial charge in [0.25, 0.3) is 0 Å². The summed E-state index contributed by atoms with van der Waals surface area (Å²) in [5.74, 6) is 5.88. The third kappa shape index (κ3) is 3.14. The lowest BCUT2D eigenvalue weighted by Gasteiger charge is -2.32. The third-order valence-corrected chi connectivity index (χ3v) is 3.29. The predicted molar refractivity (Wildman–Crippen MR) is 62.5 cm³/mol. The third-order valence-electron chi connectivity index (χ3n) is 2.49. The summed E-state index contributed by atoms with van der Waals surface area (Å²) >= 11 is 1.34. The summed E-state index contributed by atoms with van der Waals surface area (Å²) in [6, 6.07) is 0. The maximum Gasteiger partial charge on any atom is 0.183 e. The Morgan fingerprint density at radius 2 is 2.07 bits per heavy atom. The van der Waals surface area contributed by atoms with Crippen LogP contribution in [-0.4, -0.2) is 23.2 Å². The van der Waals surface area contributed by atoms with E-state index in [9.17, 15) is 0 Å². The number of thioether (sulfide) groups is 1. The molecule has 5 heteroatoms. The number of hydrogen-bond donors (Lipinski definition) is 2. The Balaban J connectivity index is 2.38. The molecule has 0 aliphatic carbocycles. The van der Waals surface area contributed by atoms with Gasteiger partial charge in [-0.2, -0.15) is 5.10 Å². The first-order valence-electron chi connectivity index (χ1n) is 4.78. The van der Waals surface area contributed by atoms with E-state index in [0.29, 0.717) is 5.17 Å². The van der Waals surface area contributed by atoms with Crippen LogP contribution in [0.4, 0.5) is 0 Å². The molecular formula is C9H18N4S. The molecule has 1 aliphatic heterocycles. The van der Waals surface area contributed by atoms with E-state index in [1.807, 2.05) is 0 Å². The molecule has 0 aromatic rings. The summed E-state index contributed by atoms with van der Waals surface area (Å²) in [7, 11) is 0. The summed E-state index contributed by atoms with van der Waals surface area (Å²) < 4.78 is 0. The quantitative estimate of drug-likeness (QED) is 0.313. The highest BCUT2D eigenvalue weighted by molar-refractivity contribution is 8.17. The van der Waals surface area contributed by atoms with Crippen LogP contribution < -0.4 is 11.6 Å². The van der Waals surface area contributed by atoms with Crippen molar-refractivity contribution in [1.82, 2.24) is 4.90 Å². The minimum Gasteiger partial charge on any atom is -0.377 e. The van der Waals surface area contributed by atoms with Crippen molar-refractivity contribution >= 4 is 16.9 Å². The monoisotopic (exact) mass is 214 g/mol. The van der Waals surface area contributed by atoms with E-state index in [1.165, 1.54) is 24.6 Å². The average Bonchev–Trinajstić information content (AvgIpc) is 2.18. The van der Waals surface area contributed by atoms with Gasteiger partial charge in [-0.15, -0.1) is 0 Å². The fraction of sp³-hybridized carbons (Fsp3) is 0.667. The van der Waals surface area contributed by atoms with Gasteiger partial charge in [-0.05, 0) is 30.5 Å². The molecule has 0 aromatic heterocycles. The smallest absolute Gasteiger partial charge is 0.183 e. The number of nitrogens with two attached hydrogens (primary N) is 2. The van der Waals surface area contributed by atoms with E-state index in [2.05, 4.69) is 23.5 Å². The number of nitrogens with zero attached hydrogens (tertiary/aromatic N) is 2. The van der Waals surface area contributed by atoms with Gasteiger partial charge in [-0.3, -0.25) is 0 Å². The lowest BCUT2D eigenvalue weighted by molar-refractivity contribution is 0.251. The lowest BCUT2D eigenvalue weighted by atomic mass is 10.00. The van der Waals surface area contributed by atoms with Crippen molar-refractivity contribution in [3.8, 4) is 0 Å². The van der Waals surface area contributed by atoms with Crippen molar-refractivity contribution in [2.45, 2.75) is 19.8 Å². The molecule has 0 bridgehead atoms. The van der Waals surface area contributed by atoms with Crippen molar-refractivity contribution in [1.29, 1.82) is 0 Å². The molecule has 14 heavy (non-hydrogen) atoms. The highest BCUT2D eigenvalue weighted by Crippen LogP contribution is 2.24.